The van der Waals surface area contributed by atoms with Gasteiger partial charge in [-0.1, -0.05) is 0 Å². The van der Waals surface area contributed by atoms with Crippen molar-refractivity contribution in [3.05, 3.63) is 0 Å². The molecule has 0 aromatic carbocycles. The largest absolute Gasteiger partial charge is 0.503 e. The molecular weight excluding hydrogens is 399 g/mol. The van der Waals surface area contributed by atoms with Crippen LogP contribution in [-0.4, -0.2) is 66.0 Å². The van der Waals surface area contributed by atoms with Gasteiger partial charge in [0.15, 0.2) is 6.79 Å². The average molecular weight is 422 g/mol. The Bertz CT molecular complexity index is 551. The van der Waals surface area contributed by atoms with E-state index in [1.54, 1.807) is 0 Å². The van der Waals surface area contributed by atoms with Crippen molar-refractivity contribution in [1.29, 1.82) is 0 Å². The zero-order valence-electron chi connectivity index (χ0n) is 15.1. The molecule has 3 aliphatic rings. The highest BCUT2D eigenvalue weighted by Crippen LogP contribution is 2.62. The Balaban J connectivity index is 1.91. The second-order valence-corrected chi connectivity index (χ2v) is 10.5. The molecule has 6 atom stereocenters. The quantitative estimate of drug-likeness (QED) is 0.543. The molecule has 6 unspecified atom stereocenters. The van der Waals surface area contributed by atoms with Crippen LogP contribution < -0.4 is 0 Å². The van der Waals surface area contributed by atoms with E-state index in [0.717, 1.165) is 0 Å². The molecule has 3 rings (SSSR count). The number of fused-ring (bicyclic) bond motifs is 2. The minimum absolute atomic E-state index is 0.0264. The fourth-order valence-corrected chi connectivity index (χ4v) is 8.05. The third-order valence-corrected chi connectivity index (χ3v) is 9.55. The van der Waals surface area contributed by atoms with E-state index >= 15 is 0 Å². The standard InChI is InChI=1S/C15H23F5O6Si/c1-22-27(23-2,24-3)11-6-8-4-9(11)10(5-8)12-13(16,17)14(21,15(18,19)20)26-7-25-12/h8-12,21H,4-7H2,1-3H3. The van der Waals surface area contributed by atoms with Gasteiger partial charge in [0.25, 0.3) is 0 Å². The van der Waals surface area contributed by atoms with Crippen molar-refractivity contribution in [1.82, 2.24) is 0 Å². The summed E-state index contributed by atoms with van der Waals surface area (Å²) in [7, 11) is 1.04. The third kappa shape index (κ3) is 2.95. The van der Waals surface area contributed by atoms with Crippen molar-refractivity contribution in [2.24, 2.45) is 17.8 Å². The normalized spacial score (nSPS) is 41.9. The molecule has 2 aliphatic carbocycles. The summed E-state index contributed by atoms with van der Waals surface area (Å²) in [5.41, 5.74) is -0.331. The zero-order chi connectivity index (χ0) is 20.3. The summed E-state index contributed by atoms with van der Waals surface area (Å²) in [6.45, 7) is -1.07. The summed E-state index contributed by atoms with van der Waals surface area (Å²) >= 11 is 0. The topological polar surface area (TPSA) is 66.4 Å². The Morgan fingerprint density at radius 1 is 1.00 bits per heavy atom. The average Bonchev–Trinajstić information content (AvgIpc) is 3.19. The van der Waals surface area contributed by atoms with Gasteiger partial charge in [0.05, 0.1) is 0 Å². The Morgan fingerprint density at radius 2 is 1.56 bits per heavy atom. The van der Waals surface area contributed by atoms with Crippen molar-refractivity contribution in [3.8, 4) is 0 Å². The van der Waals surface area contributed by atoms with E-state index < -0.39 is 51.4 Å². The van der Waals surface area contributed by atoms with Crippen molar-refractivity contribution in [2.45, 2.75) is 48.8 Å². The van der Waals surface area contributed by atoms with E-state index in [2.05, 4.69) is 4.74 Å². The van der Waals surface area contributed by atoms with Crippen LogP contribution in [0.3, 0.4) is 0 Å². The highest BCUT2D eigenvalue weighted by atomic mass is 28.4. The Kier molecular flexibility index (Phi) is 5.42. The van der Waals surface area contributed by atoms with Crippen LogP contribution in [0.15, 0.2) is 0 Å². The summed E-state index contributed by atoms with van der Waals surface area (Å²) in [6.07, 6.45) is -6.35. The van der Waals surface area contributed by atoms with E-state index in [4.69, 9.17) is 18.0 Å². The summed E-state index contributed by atoms with van der Waals surface area (Å²) in [5.74, 6) is -10.6. The molecule has 0 spiro atoms. The second-order valence-electron chi connectivity index (χ2n) is 7.34. The first-order valence-corrected chi connectivity index (χ1v) is 10.4. The summed E-state index contributed by atoms with van der Waals surface area (Å²) < 4.78 is 94.2. The van der Waals surface area contributed by atoms with Crippen LogP contribution in [-0.2, 0) is 22.8 Å². The van der Waals surface area contributed by atoms with Crippen molar-refractivity contribution in [3.63, 3.8) is 0 Å². The van der Waals surface area contributed by atoms with Gasteiger partial charge in [-0.25, -0.2) is 0 Å². The summed E-state index contributed by atoms with van der Waals surface area (Å²) in [5, 5.41) is 9.66. The van der Waals surface area contributed by atoms with Crippen LogP contribution in [0.5, 0.6) is 0 Å². The highest BCUT2D eigenvalue weighted by Gasteiger charge is 2.78. The summed E-state index contributed by atoms with van der Waals surface area (Å²) in [6, 6.07) is 0. The molecule has 2 saturated carbocycles. The predicted octanol–water partition coefficient (Wildman–Crippen LogP) is 2.54. The lowest BCUT2D eigenvalue weighted by atomic mass is 9.79. The minimum Gasteiger partial charge on any atom is -0.377 e. The second kappa shape index (κ2) is 6.85. The van der Waals surface area contributed by atoms with E-state index in [1.165, 1.54) is 21.3 Å². The molecular formula is C15H23F5O6Si. The third-order valence-electron chi connectivity index (χ3n) is 6.27. The maximum absolute atomic E-state index is 14.8. The molecule has 12 heteroatoms. The SMILES string of the molecule is CO[Si](OC)(OC)C1CC2CC(C3OCOC(O)(C(F)(F)F)C3(F)F)C1C2. The first kappa shape index (κ1) is 21.3. The highest BCUT2D eigenvalue weighted by molar-refractivity contribution is 6.62. The molecule has 6 nitrogen and oxygen atoms in total. The van der Waals surface area contributed by atoms with Gasteiger partial charge in [-0.3, -0.25) is 0 Å². The molecule has 158 valence electrons. The van der Waals surface area contributed by atoms with Crippen LogP contribution in [0.1, 0.15) is 19.3 Å². The molecule has 0 amide bonds. The smallest absolute Gasteiger partial charge is 0.377 e. The van der Waals surface area contributed by atoms with Crippen molar-refractivity contribution < 1.29 is 49.8 Å². The van der Waals surface area contributed by atoms with E-state index in [-0.39, 0.29) is 17.9 Å². The number of hydrogen-bond donors (Lipinski definition) is 1. The Hall–Kier alpha value is -0.373. The number of aliphatic hydroxyl groups is 1. The molecule has 2 bridgehead atoms. The number of rotatable bonds is 5. The van der Waals surface area contributed by atoms with Crippen LogP contribution in [0, 0.1) is 17.8 Å². The van der Waals surface area contributed by atoms with Gasteiger partial charge in [-0.05, 0) is 37.0 Å². The monoisotopic (exact) mass is 422 g/mol. The van der Waals surface area contributed by atoms with E-state index in [1.807, 2.05) is 0 Å². The first-order chi connectivity index (χ1) is 12.5. The van der Waals surface area contributed by atoms with Crippen molar-refractivity contribution >= 4 is 8.80 Å². The lowest BCUT2D eigenvalue weighted by molar-refractivity contribution is -0.488. The van der Waals surface area contributed by atoms with Crippen LogP contribution >= 0.6 is 0 Å². The van der Waals surface area contributed by atoms with Crippen LogP contribution in [0.2, 0.25) is 5.54 Å². The van der Waals surface area contributed by atoms with E-state index in [0.29, 0.717) is 12.8 Å². The zero-order valence-corrected chi connectivity index (χ0v) is 16.1. The number of ether oxygens (including phenoxy) is 2. The maximum atomic E-state index is 14.8. The molecule has 1 aliphatic heterocycles. The fraction of sp³-hybridized carbons (Fsp3) is 1.00. The molecule has 1 heterocycles. The molecule has 0 aromatic rings. The van der Waals surface area contributed by atoms with Gasteiger partial charge in [-0.2, -0.15) is 22.0 Å². The van der Waals surface area contributed by atoms with Gasteiger partial charge in [0.2, 0.25) is 0 Å². The molecule has 0 radical (unpaired) electrons. The van der Waals surface area contributed by atoms with Gasteiger partial charge in [-0.15, -0.1) is 0 Å². The number of hydrogen-bond acceptors (Lipinski definition) is 6. The van der Waals surface area contributed by atoms with Gasteiger partial charge >= 0.3 is 26.7 Å². The van der Waals surface area contributed by atoms with Crippen LogP contribution in [0.25, 0.3) is 0 Å². The number of alkyl halides is 5. The maximum Gasteiger partial charge on any atom is 0.503 e. The number of halogens is 5. The van der Waals surface area contributed by atoms with Gasteiger partial charge < -0.3 is 27.9 Å². The Morgan fingerprint density at radius 3 is 2.04 bits per heavy atom. The molecule has 27 heavy (non-hydrogen) atoms. The molecule has 1 saturated heterocycles. The lowest BCUT2D eigenvalue weighted by Crippen LogP contribution is -2.70. The van der Waals surface area contributed by atoms with Gasteiger partial charge in [0, 0.05) is 26.9 Å². The fourth-order valence-electron chi connectivity index (χ4n) is 5.11. The van der Waals surface area contributed by atoms with Gasteiger partial charge in [0.1, 0.15) is 6.10 Å². The molecule has 0 aromatic heterocycles. The predicted molar refractivity (Wildman–Crippen MR) is 81.6 cm³/mol. The van der Waals surface area contributed by atoms with E-state index in [9.17, 15) is 27.1 Å². The Labute approximate surface area is 154 Å². The lowest BCUT2D eigenvalue weighted by Gasteiger charge is -2.48. The summed E-state index contributed by atoms with van der Waals surface area (Å²) in [4.78, 5) is 0. The van der Waals surface area contributed by atoms with Crippen molar-refractivity contribution in [2.75, 3.05) is 28.1 Å². The van der Waals surface area contributed by atoms with Crippen LogP contribution in [0.4, 0.5) is 22.0 Å². The molecule has 3 fully saturated rings. The minimum atomic E-state index is -5.67. The molecule has 1 N–H and O–H groups in total. The first-order valence-electron chi connectivity index (χ1n) is 8.55.